The summed E-state index contributed by atoms with van der Waals surface area (Å²) in [5, 5.41) is 4.95. The van der Waals surface area contributed by atoms with Crippen molar-refractivity contribution >= 4 is 11.6 Å². The Balaban J connectivity index is 2.12. The molecule has 0 atom stereocenters. The first kappa shape index (κ1) is 10.8. The number of halogens is 1. The summed E-state index contributed by atoms with van der Waals surface area (Å²) in [5.74, 6) is 1.63. The SMILES string of the molecule is Cc1nc2n(n1)Cc1c(Cl)ncn1-c1ccccc1-2. The van der Waals surface area contributed by atoms with E-state index in [4.69, 9.17) is 11.6 Å². The summed E-state index contributed by atoms with van der Waals surface area (Å²) >= 11 is 6.18. The van der Waals surface area contributed by atoms with Crippen LogP contribution in [0.2, 0.25) is 5.15 Å². The molecule has 0 bridgehead atoms. The summed E-state index contributed by atoms with van der Waals surface area (Å²) < 4.78 is 3.88. The summed E-state index contributed by atoms with van der Waals surface area (Å²) in [7, 11) is 0. The van der Waals surface area contributed by atoms with Gasteiger partial charge in [-0.2, -0.15) is 5.10 Å². The fourth-order valence-electron chi connectivity index (χ4n) is 2.48. The molecular formula is C13H10ClN5. The molecule has 94 valence electrons. The Kier molecular flexibility index (Phi) is 2.08. The van der Waals surface area contributed by atoms with Crippen LogP contribution in [0.15, 0.2) is 30.6 Å². The average molecular weight is 272 g/mol. The van der Waals surface area contributed by atoms with Crippen LogP contribution >= 0.6 is 11.6 Å². The van der Waals surface area contributed by atoms with Crippen molar-refractivity contribution in [3.05, 3.63) is 47.3 Å². The minimum atomic E-state index is 0.510. The standard InChI is InChI=1S/C13H10ClN5/c1-8-16-13-9-4-2-3-5-10(9)18-7-15-12(14)11(18)6-19(13)17-8/h2-5,7H,6H2,1H3. The lowest BCUT2D eigenvalue weighted by Gasteiger charge is -2.07. The quantitative estimate of drug-likeness (QED) is 0.494. The largest absolute Gasteiger partial charge is 0.299 e. The Morgan fingerprint density at radius 3 is 3.00 bits per heavy atom. The van der Waals surface area contributed by atoms with Gasteiger partial charge in [0.05, 0.1) is 17.9 Å². The molecule has 1 aromatic carbocycles. The van der Waals surface area contributed by atoms with Gasteiger partial charge in [0.25, 0.3) is 0 Å². The molecule has 0 amide bonds. The normalized spacial score (nSPS) is 12.5. The zero-order valence-corrected chi connectivity index (χ0v) is 11.0. The van der Waals surface area contributed by atoms with Gasteiger partial charge < -0.3 is 0 Å². The highest BCUT2D eigenvalue weighted by atomic mass is 35.5. The number of nitrogens with zero attached hydrogens (tertiary/aromatic N) is 5. The Labute approximate surface area is 114 Å². The Morgan fingerprint density at radius 2 is 2.11 bits per heavy atom. The first-order valence-electron chi connectivity index (χ1n) is 5.97. The molecule has 0 spiro atoms. The van der Waals surface area contributed by atoms with Crippen molar-refractivity contribution in [3.63, 3.8) is 0 Å². The number of aryl methyl sites for hydroxylation is 1. The molecular weight excluding hydrogens is 262 g/mol. The van der Waals surface area contributed by atoms with Gasteiger partial charge in [0.2, 0.25) is 0 Å². The van der Waals surface area contributed by atoms with Crippen LogP contribution < -0.4 is 0 Å². The van der Waals surface area contributed by atoms with Crippen molar-refractivity contribution in [1.82, 2.24) is 24.3 Å². The maximum absolute atomic E-state index is 6.18. The molecule has 0 fully saturated rings. The predicted molar refractivity (Wildman–Crippen MR) is 71.4 cm³/mol. The summed E-state index contributed by atoms with van der Waals surface area (Å²) in [6.45, 7) is 2.47. The third-order valence-corrected chi connectivity index (χ3v) is 3.61. The van der Waals surface area contributed by atoms with Crippen LogP contribution in [0.3, 0.4) is 0 Å². The van der Waals surface area contributed by atoms with Crippen LogP contribution in [-0.2, 0) is 6.54 Å². The lowest BCUT2D eigenvalue weighted by atomic mass is 10.1. The molecule has 2 aromatic heterocycles. The van der Waals surface area contributed by atoms with Crippen LogP contribution in [0.1, 0.15) is 11.5 Å². The molecule has 3 aromatic rings. The highest BCUT2D eigenvalue weighted by Gasteiger charge is 2.23. The highest BCUT2D eigenvalue weighted by molar-refractivity contribution is 6.30. The smallest absolute Gasteiger partial charge is 0.160 e. The van der Waals surface area contributed by atoms with E-state index >= 15 is 0 Å². The van der Waals surface area contributed by atoms with Gasteiger partial charge in [-0.15, -0.1) is 0 Å². The maximum atomic E-state index is 6.18. The first-order valence-corrected chi connectivity index (χ1v) is 6.35. The highest BCUT2D eigenvalue weighted by Crippen LogP contribution is 2.32. The van der Waals surface area contributed by atoms with Gasteiger partial charge in [-0.1, -0.05) is 23.7 Å². The van der Waals surface area contributed by atoms with Crippen molar-refractivity contribution in [2.75, 3.05) is 0 Å². The third-order valence-electron chi connectivity index (χ3n) is 3.30. The number of aromatic nitrogens is 5. The number of hydrogen-bond acceptors (Lipinski definition) is 3. The van der Waals surface area contributed by atoms with Gasteiger partial charge in [0.1, 0.15) is 12.2 Å². The van der Waals surface area contributed by atoms with Crippen molar-refractivity contribution in [2.24, 2.45) is 0 Å². The number of benzene rings is 1. The topological polar surface area (TPSA) is 48.5 Å². The zero-order chi connectivity index (χ0) is 13.0. The fourth-order valence-corrected chi connectivity index (χ4v) is 2.68. The Hall–Kier alpha value is -2.14. The minimum Gasteiger partial charge on any atom is -0.299 e. The van der Waals surface area contributed by atoms with E-state index in [0.717, 1.165) is 28.6 Å². The van der Waals surface area contributed by atoms with Gasteiger partial charge in [-0.3, -0.25) is 4.57 Å². The summed E-state index contributed by atoms with van der Waals surface area (Å²) in [5.41, 5.74) is 3.00. The van der Waals surface area contributed by atoms with Crippen LogP contribution in [0.25, 0.3) is 17.1 Å². The molecule has 0 aliphatic carbocycles. The number of hydrogen-bond donors (Lipinski definition) is 0. The van der Waals surface area contributed by atoms with Crippen molar-refractivity contribution in [1.29, 1.82) is 0 Å². The molecule has 5 nitrogen and oxygen atoms in total. The first-order chi connectivity index (χ1) is 9.24. The molecule has 6 heteroatoms. The lowest BCUT2D eigenvalue weighted by Crippen LogP contribution is -2.04. The van der Waals surface area contributed by atoms with Gasteiger partial charge in [0.15, 0.2) is 11.0 Å². The van der Waals surface area contributed by atoms with E-state index in [2.05, 4.69) is 15.1 Å². The lowest BCUT2D eigenvalue weighted by molar-refractivity contribution is 0.671. The second kappa shape index (κ2) is 3.68. The number of fused-ring (bicyclic) bond motifs is 5. The fraction of sp³-hybridized carbons (Fsp3) is 0.154. The summed E-state index contributed by atoms with van der Waals surface area (Å²) in [6.07, 6.45) is 1.75. The monoisotopic (exact) mass is 271 g/mol. The molecule has 1 aliphatic heterocycles. The minimum absolute atomic E-state index is 0.510. The average Bonchev–Trinajstić information content (AvgIpc) is 2.91. The molecule has 0 saturated heterocycles. The van der Waals surface area contributed by atoms with Crippen molar-refractivity contribution in [2.45, 2.75) is 13.5 Å². The van der Waals surface area contributed by atoms with Gasteiger partial charge >= 0.3 is 0 Å². The summed E-state index contributed by atoms with van der Waals surface area (Å²) in [6, 6.07) is 8.07. The molecule has 0 radical (unpaired) electrons. The Morgan fingerprint density at radius 1 is 1.26 bits per heavy atom. The van der Waals surface area contributed by atoms with E-state index in [1.54, 1.807) is 6.33 Å². The molecule has 4 rings (SSSR count). The molecule has 3 heterocycles. The molecule has 0 saturated carbocycles. The second-order valence-electron chi connectivity index (χ2n) is 4.51. The van der Waals surface area contributed by atoms with E-state index < -0.39 is 0 Å². The van der Waals surface area contributed by atoms with E-state index in [1.165, 1.54) is 0 Å². The second-order valence-corrected chi connectivity index (χ2v) is 4.87. The van der Waals surface area contributed by atoms with E-state index in [-0.39, 0.29) is 0 Å². The van der Waals surface area contributed by atoms with Gasteiger partial charge in [0, 0.05) is 5.56 Å². The van der Waals surface area contributed by atoms with Crippen LogP contribution in [0.5, 0.6) is 0 Å². The van der Waals surface area contributed by atoms with E-state index in [9.17, 15) is 0 Å². The van der Waals surface area contributed by atoms with Gasteiger partial charge in [-0.05, 0) is 19.1 Å². The number of para-hydroxylation sites is 1. The predicted octanol–water partition coefficient (Wildman–Crippen LogP) is 2.45. The van der Waals surface area contributed by atoms with Crippen molar-refractivity contribution < 1.29 is 0 Å². The molecule has 1 aliphatic rings. The third kappa shape index (κ3) is 1.45. The van der Waals surface area contributed by atoms with Crippen LogP contribution in [-0.4, -0.2) is 24.3 Å². The number of rotatable bonds is 0. The molecule has 19 heavy (non-hydrogen) atoms. The Bertz CT molecular complexity index is 771. The maximum Gasteiger partial charge on any atom is 0.160 e. The van der Waals surface area contributed by atoms with Crippen LogP contribution in [0.4, 0.5) is 0 Å². The van der Waals surface area contributed by atoms with Crippen LogP contribution in [0, 0.1) is 6.92 Å². The summed E-state index contributed by atoms with van der Waals surface area (Å²) in [4.78, 5) is 8.71. The molecule has 0 N–H and O–H groups in total. The van der Waals surface area contributed by atoms with E-state index in [1.807, 2.05) is 40.4 Å². The number of imidazole rings is 1. The van der Waals surface area contributed by atoms with Gasteiger partial charge in [-0.25, -0.2) is 14.6 Å². The van der Waals surface area contributed by atoms with Crippen molar-refractivity contribution in [3.8, 4) is 17.1 Å². The van der Waals surface area contributed by atoms with E-state index in [0.29, 0.717) is 11.7 Å². The molecule has 0 unspecified atom stereocenters. The zero-order valence-electron chi connectivity index (χ0n) is 10.2.